The molecular weight excluding hydrogens is 298 g/mol. The zero-order chi connectivity index (χ0) is 15.0. The van der Waals surface area contributed by atoms with Gasteiger partial charge in [0.15, 0.2) is 0 Å². The number of imide groups is 1. The summed E-state index contributed by atoms with van der Waals surface area (Å²) in [6, 6.07) is 1.00. The second-order valence-corrected chi connectivity index (χ2v) is 5.63. The van der Waals surface area contributed by atoms with E-state index in [9.17, 15) is 14.4 Å². The van der Waals surface area contributed by atoms with Gasteiger partial charge in [-0.3, -0.25) is 14.9 Å². The Hall–Kier alpha value is -2.02. The summed E-state index contributed by atoms with van der Waals surface area (Å²) in [6.45, 7) is 0.286. The molecule has 112 valence electrons. The van der Waals surface area contributed by atoms with Gasteiger partial charge < -0.3 is 15.1 Å². The van der Waals surface area contributed by atoms with Gasteiger partial charge in [-0.15, -0.1) is 0 Å². The van der Waals surface area contributed by atoms with Crippen LogP contribution >= 0.6 is 11.6 Å². The van der Waals surface area contributed by atoms with Gasteiger partial charge in [0.05, 0.1) is 11.8 Å². The van der Waals surface area contributed by atoms with Crippen LogP contribution in [0.3, 0.4) is 0 Å². The van der Waals surface area contributed by atoms with E-state index >= 15 is 0 Å². The lowest BCUT2D eigenvalue weighted by Crippen LogP contribution is -2.53. The van der Waals surface area contributed by atoms with Crippen LogP contribution in [0.2, 0.25) is 5.22 Å². The Labute approximate surface area is 125 Å². The third-order valence-electron chi connectivity index (χ3n) is 4.16. The van der Waals surface area contributed by atoms with Crippen molar-refractivity contribution in [1.29, 1.82) is 0 Å². The number of urea groups is 1. The highest BCUT2D eigenvalue weighted by molar-refractivity contribution is 6.32. The number of hydrogen-bond acceptors (Lipinski definition) is 4. The Kier molecular flexibility index (Phi) is 3.36. The van der Waals surface area contributed by atoms with E-state index in [0.29, 0.717) is 6.42 Å². The van der Waals surface area contributed by atoms with Crippen LogP contribution < -0.4 is 16.0 Å². The number of halogens is 1. The minimum atomic E-state index is -0.898. The maximum absolute atomic E-state index is 12.0. The lowest BCUT2D eigenvalue weighted by molar-refractivity contribution is -0.125. The highest BCUT2D eigenvalue weighted by Crippen LogP contribution is 2.37. The van der Waals surface area contributed by atoms with E-state index in [1.807, 2.05) is 0 Å². The van der Waals surface area contributed by atoms with E-state index in [2.05, 4.69) is 16.0 Å². The van der Waals surface area contributed by atoms with E-state index in [4.69, 9.17) is 16.0 Å². The molecule has 7 nitrogen and oxygen atoms in total. The monoisotopic (exact) mass is 311 g/mol. The second-order valence-electron chi connectivity index (χ2n) is 5.29. The van der Waals surface area contributed by atoms with Gasteiger partial charge in [0.1, 0.15) is 5.54 Å². The molecule has 0 bridgehead atoms. The van der Waals surface area contributed by atoms with E-state index in [0.717, 1.165) is 12.8 Å². The lowest BCUT2D eigenvalue weighted by atomic mass is 9.87. The van der Waals surface area contributed by atoms with Crippen LogP contribution in [0.4, 0.5) is 4.79 Å². The Morgan fingerprint density at radius 1 is 1.52 bits per heavy atom. The fourth-order valence-corrected chi connectivity index (χ4v) is 3.29. The van der Waals surface area contributed by atoms with Gasteiger partial charge in [0, 0.05) is 12.5 Å². The van der Waals surface area contributed by atoms with Crippen molar-refractivity contribution in [2.24, 2.45) is 5.92 Å². The van der Waals surface area contributed by atoms with Crippen molar-refractivity contribution < 1.29 is 18.8 Å². The molecule has 1 aliphatic carbocycles. The molecule has 2 unspecified atom stereocenters. The van der Waals surface area contributed by atoms with Crippen LogP contribution in [0.1, 0.15) is 29.6 Å². The van der Waals surface area contributed by atoms with Gasteiger partial charge in [0.2, 0.25) is 5.22 Å². The quantitative estimate of drug-likeness (QED) is 0.726. The molecule has 2 aliphatic rings. The molecule has 1 aliphatic heterocycles. The van der Waals surface area contributed by atoms with Crippen molar-refractivity contribution in [3.05, 3.63) is 23.1 Å². The molecule has 3 N–H and O–H groups in total. The van der Waals surface area contributed by atoms with Crippen molar-refractivity contribution in [1.82, 2.24) is 16.0 Å². The number of hydrogen-bond donors (Lipinski definition) is 3. The van der Waals surface area contributed by atoms with E-state index < -0.39 is 11.6 Å². The number of nitrogens with one attached hydrogen (secondary N) is 3. The number of carbonyl (C=O) groups is 3. The molecule has 1 aromatic heterocycles. The normalized spacial score (nSPS) is 27.8. The summed E-state index contributed by atoms with van der Waals surface area (Å²) in [5.74, 6) is -0.815. The van der Waals surface area contributed by atoms with E-state index in [1.165, 1.54) is 12.3 Å². The fraction of sp³-hybridized carbons (Fsp3) is 0.462. The molecule has 21 heavy (non-hydrogen) atoms. The van der Waals surface area contributed by atoms with Crippen LogP contribution in [-0.4, -0.2) is 29.9 Å². The molecule has 4 amide bonds. The minimum absolute atomic E-state index is 0.0283. The zero-order valence-electron chi connectivity index (χ0n) is 11.1. The van der Waals surface area contributed by atoms with Gasteiger partial charge in [-0.2, -0.15) is 0 Å². The van der Waals surface area contributed by atoms with E-state index in [1.54, 1.807) is 0 Å². The lowest BCUT2D eigenvalue weighted by Gasteiger charge is -2.28. The van der Waals surface area contributed by atoms with Crippen molar-refractivity contribution in [2.45, 2.75) is 24.8 Å². The van der Waals surface area contributed by atoms with E-state index in [-0.39, 0.29) is 35.1 Å². The summed E-state index contributed by atoms with van der Waals surface area (Å²) in [5, 5.41) is 7.74. The molecule has 8 heteroatoms. The zero-order valence-corrected chi connectivity index (χ0v) is 11.8. The average molecular weight is 312 g/mol. The largest absolute Gasteiger partial charge is 0.452 e. The molecule has 2 atom stereocenters. The molecule has 3 rings (SSSR count). The van der Waals surface area contributed by atoms with Gasteiger partial charge in [-0.1, -0.05) is 6.42 Å². The number of furan rings is 1. The predicted octanol–water partition coefficient (Wildman–Crippen LogP) is 1.04. The van der Waals surface area contributed by atoms with Crippen LogP contribution in [-0.2, 0) is 4.79 Å². The highest BCUT2D eigenvalue weighted by Gasteiger charge is 2.54. The smallest absolute Gasteiger partial charge is 0.322 e. The van der Waals surface area contributed by atoms with Gasteiger partial charge in [-0.05, 0) is 30.5 Å². The first-order valence-electron chi connectivity index (χ1n) is 6.68. The van der Waals surface area contributed by atoms with Crippen molar-refractivity contribution in [3.63, 3.8) is 0 Å². The molecule has 1 saturated carbocycles. The van der Waals surface area contributed by atoms with Crippen LogP contribution in [0.25, 0.3) is 0 Å². The maximum Gasteiger partial charge on any atom is 0.322 e. The molecule has 0 aromatic carbocycles. The molecule has 1 spiro atoms. The summed E-state index contributed by atoms with van der Waals surface area (Å²) >= 11 is 5.74. The van der Waals surface area contributed by atoms with Crippen molar-refractivity contribution in [2.75, 3.05) is 6.54 Å². The predicted molar refractivity (Wildman–Crippen MR) is 72.8 cm³/mol. The average Bonchev–Trinajstić information content (AvgIpc) is 3.09. The van der Waals surface area contributed by atoms with Crippen LogP contribution in [0, 0.1) is 5.92 Å². The first kappa shape index (κ1) is 13.9. The molecule has 2 fully saturated rings. The third-order valence-corrected chi connectivity index (χ3v) is 4.45. The van der Waals surface area contributed by atoms with Crippen molar-refractivity contribution in [3.8, 4) is 0 Å². The minimum Gasteiger partial charge on any atom is -0.452 e. The molecule has 1 aromatic rings. The summed E-state index contributed by atoms with van der Waals surface area (Å²) in [4.78, 5) is 35.4. The van der Waals surface area contributed by atoms with Gasteiger partial charge in [0.25, 0.3) is 11.8 Å². The summed E-state index contributed by atoms with van der Waals surface area (Å²) < 4.78 is 4.87. The summed E-state index contributed by atoms with van der Waals surface area (Å²) in [6.07, 6.45) is 3.49. The Morgan fingerprint density at radius 2 is 2.33 bits per heavy atom. The molecule has 1 saturated heterocycles. The number of amides is 4. The Morgan fingerprint density at radius 3 is 2.95 bits per heavy atom. The first-order valence-corrected chi connectivity index (χ1v) is 7.05. The molecule has 0 radical (unpaired) electrons. The molecule has 2 heterocycles. The standard InChI is InChI=1S/C13H14ClN3O4/c14-9-8(3-5-21-9)10(18)15-6-7-2-1-4-13(7)11(19)16-12(20)17-13/h3,5,7H,1-2,4,6H2,(H,15,18)(H2,16,17,19,20). The van der Waals surface area contributed by atoms with Gasteiger partial charge >= 0.3 is 6.03 Å². The summed E-state index contributed by atoms with van der Waals surface area (Å²) in [5.41, 5.74) is -0.645. The van der Waals surface area contributed by atoms with Crippen molar-refractivity contribution >= 4 is 29.4 Å². The Balaban J connectivity index is 1.68. The number of rotatable bonds is 3. The fourth-order valence-electron chi connectivity index (χ4n) is 3.09. The summed E-state index contributed by atoms with van der Waals surface area (Å²) in [7, 11) is 0. The van der Waals surface area contributed by atoms with Gasteiger partial charge in [-0.25, -0.2) is 4.79 Å². The molecular formula is C13H14ClN3O4. The number of carbonyl (C=O) groups excluding carboxylic acids is 3. The first-order chi connectivity index (χ1) is 10.0. The SMILES string of the molecule is O=C1NC(=O)C2(CCCC2CNC(=O)c2ccoc2Cl)N1. The maximum atomic E-state index is 12.0. The topological polar surface area (TPSA) is 100 Å². The second kappa shape index (κ2) is 5.07. The van der Waals surface area contributed by atoms with Crippen LogP contribution in [0.15, 0.2) is 16.7 Å². The van der Waals surface area contributed by atoms with Crippen LogP contribution in [0.5, 0.6) is 0 Å². The highest BCUT2D eigenvalue weighted by atomic mass is 35.5. The third kappa shape index (κ3) is 2.27. The Bertz CT molecular complexity index is 614.